The number of rotatable bonds is 3. The zero-order valence-corrected chi connectivity index (χ0v) is 12.6. The van der Waals surface area contributed by atoms with Gasteiger partial charge in [-0.1, -0.05) is 19.1 Å². The molecule has 1 aliphatic rings. The summed E-state index contributed by atoms with van der Waals surface area (Å²) in [6.45, 7) is 14.1. The zero-order valence-electron chi connectivity index (χ0n) is 12.6. The lowest BCUT2D eigenvalue weighted by Crippen LogP contribution is -2.51. The van der Waals surface area contributed by atoms with Crippen LogP contribution in [-0.2, 0) is 6.54 Å². The normalized spacial score (nSPS) is 21.8. The van der Waals surface area contributed by atoms with Gasteiger partial charge in [-0.05, 0) is 44.0 Å². The van der Waals surface area contributed by atoms with Crippen LogP contribution in [0.25, 0.3) is 0 Å². The van der Waals surface area contributed by atoms with Crippen molar-refractivity contribution in [2.24, 2.45) is 0 Å². The molecule has 1 aromatic carbocycles. The van der Waals surface area contributed by atoms with E-state index in [0.29, 0.717) is 11.8 Å². The van der Waals surface area contributed by atoms with E-state index in [-0.39, 0.29) is 0 Å². The molecule has 106 valence electrons. The molecule has 19 heavy (non-hydrogen) atoms. The van der Waals surface area contributed by atoms with E-state index in [4.69, 9.17) is 0 Å². The molecule has 0 amide bonds. The highest BCUT2D eigenvalue weighted by molar-refractivity contribution is 5.42. The summed E-state index contributed by atoms with van der Waals surface area (Å²) in [5.74, 6) is 0.438. The van der Waals surface area contributed by atoms with Crippen molar-refractivity contribution in [3.63, 3.8) is 0 Å². The molecule has 3 nitrogen and oxygen atoms in total. The predicted octanol–water partition coefficient (Wildman–Crippen LogP) is 2.54. The van der Waals surface area contributed by atoms with Crippen molar-refractivity contribution in [3.05, 3.63) is 28.8 Å². The van der Waals surface area contributed by atoms with E-state index in [9.17, 15) is 5.11 Å². The Labute approximate surface area is 116 Å². The van der Waals surface area contributed by atoms with Gasteiger partial charge in [-0.15, -0.1) is 0 Å². The number of piperazine rings is 1. The van der Waals surface area contributed by atoms with Gasteiger partial charge in [0.15, 0.2) is 0 Å². The second-order valence-electron chi connectivity index (χ2n) is 5.79. The summed E-state index contributed by atoms with van der Waals surface area (Å²) in [4.78, 5) is 5.05. The van der Waals surface area contributed by atoms with E-state index < -0.39 is 0 Å². The molecule has 1 atom stereocenters. The van der Waals surface area contributed by atoms with Crippen LogP contribution < -0.4 is 0 Å². The van der Waals surface area contributed by atoms with E-state index >= 15 is 0 Å². The first-order valence-electron chi connectivity index (χ1n) is 7.26. The summed E-state index contributed by atoms with van der Waals surface area (Å²) in [5, 5.41) is 9.83. The third-order valence-electron chi connectivity index (χ3n) is 4.21. The van der Waals surface area contributed by atoms with Crippen molar-refractivity contribution in [2.45, 2.75) is 40.3 Å². The lowest BCUT2D eigenvalue weighted by molar-refractivity contribution is 0.0834. The predicted molar refractivity (Wildman–Crippen MR) is 79.6 cm³/mol. The largest absolute Gasteiger partial charge is 0.507 e. The number of aryl methyl sites for hydroxylation is 2. The van der Waals surface area contributed by atoms with Crippen LogP contribution in [0.1, 0.15) is 30.5 Å². The molecule has 3 heteroatoms. The van der Waals surface area contributed by atoms with E-state index in [2.05, 4.69) is 35.8 Å². The van der Waals surface area contributed by atoms with Crippen molar-refractivity contribution < 1.29 is 5.11 Å². The number of phenolic OH excluding ortho intramolecular Hbond substituents is 1. The van der Waals surface area contributed by atoms with Crippen LogP contribution in [0.2, 0.25) is 0 Å². The second-order valence-corrected chi connectivity index (χ2v) is 5.79. The van der Waals surface area contributed by atoms with E-state index in [0.717, 1.165) is 43.9 Å². The Kier molecular flexibility index (Phi) is 4.48. The lowest BCUT2D eigenvalue weighted by atomic mass is 10.0. The maximum absolute atomic E-state index is 9.83. The van der Waals surface area contributed by atoms with Crippen LogP contribution in [-0.4, -0.2) is 47.1 Å². The van der Waals surface area contributed by atoms with Crippen LogP contribution in [0.3, 0.4) is 0 Å². The number of likely N-dealkylation sites (N-methyl/N-ethyl adjacent to an activating group) is 1. The minimum atomic E-state index is 0.438. The molecule has 1 aromatic rings. The first kappa shape index (κ1) is 14.4. The molecule has 1 unspecified atom stereocenters. The highest BCUT2D eigenvalue weighted by atomic mass is 16.3. The minimum Gasteiger partial charge on any atom is -0.507 e. The molecule has 1 aliphatic heterocycles. The molecular formula is C16H26N2O. The van der Waals surface area contributed by atoms with Gasteiger partial charge in [-0.3, -0.25) is 9.80 Å². The van der Waals surface area contributed by atoms with Gasteiger partial charge >= 0.3 is 0 Å². The number of hydrogen-bond acceptors (Lipinski definition) is 3. The monoisotopic (exact) mass is 262 g/mol. The molecular weight excluding hydrogens is 236 g/mol. The number of benzene rings is 1. The molecule has 1 heterocycles. The molecule has 1 saturated heterocycles. The second kappa shape index (κ2) is 5.93. The van der Waals surface area contributed by atoms with Gasteiger partial charge in [0.25, 0.3) is 0 Å². The van der Waals surface area contributed by atoms with Gasteiger partial charge in [0, 0.05) is 32.2 Å². The molecule has 0 bridgehead atoms. The molecule has 0 aliphatic carbocycles. The molecule has 0 spiro atoms. The van der Waals surface area contributed by atoms with Crippen molar-refractivity contribution >= 4 is 0 Å². The smallest absolute Gasteiger partial charge is 0.121 e. The average molecular weight is 262 g/mol. The van der Waals surface area contributed by atoms with E-state index in [1.807, 2.05) is 13.8 Å². The van der Waals surface area contributed by atoms with Gasteiger partial charge in [0.2, 0.25) is 0 Å². The number of hydrogen-bond donors (Lipinski definition) is 1. The van der Waals surface area contributed by atoms with Crippen LogP contribution in [0.5, 0.6) is 5.75 Å². The molecule has 0 radical (unpaired) electrons. The number of nitrogens with zero attached hydrogens (tertiary/aromatic N) is 2. The molecule has 1 fully saturated rings. The first-order chi connectivity index (χ1) is 9.01. The quantitative estimate of drug-likeness (QED) is 0.907. The maximum atomic E-state index is 9.83. The Morgan fingerprint density at radius 3 is 2.37 bits per heavy atom. The van der Waals surface area contributed by atoms with Gasteiger partial charge in [-0.25, -0.2) is 0 Å². The highest BCUT2D eigenvalue weighted by Gasteiger charge is 2.22. The molecule has 1 N–H and O–H groups in total. The molecule has 2 rings (SSSR count). The summed E-state index contributed by atoms with van der Waals surface area (Å²) in [7, 11) is 0. The number of aromatic hydroxyl groups is 1. The molecule has 0 saturated carbocycles. The van der Waals surface area contributed by atoms with Crippen LogP contribution in [0, 0.1) is 13.8 Å². The highest BCUT2D eigenvalue weighted by Crippen LogP contribution is 2.24. The first-order valence-corrected chi connectivity index (χ1v) is 7.26. The Morgan fingerprint density at radius 1 is 1.21 bits per heavy atom. The minimum absolute atomic E-state index is 0.438. The Balaban J connectivity index is 2.02. The molecule has 0 aromatic heterocycles. The van der Waals surface area contributed by atoms with Crippen molar-refractivity contribution in [2.75, 3.05) is 26.2 Å². The topological polar surface area (TPSA) is 26.7 Å². The fraction of sp³-hybridized carbons (Fsp3) is 0.625. The van der Waals surface area contributed by atoms with E-state index in [1.165, 1.54) is 5.56 Å². The third kappa shape index (κ3) is 3.28. The number of phenols is 1. The summed E-state index contributed by atoms with van der Waals surface area (Å²) in [5.41, 5.74) is 3.27. The Bertz CT molecular complexity index is 421. The SMILES string of the molecule is CCN1CCN(Cc2cc(C)c(O)c(C)c2)CC1C. The third-order valence-corrected chi connectivity index (χ3v) is 4.21. The van der Waals surface area contributed by atoms with Crippen molar-refractivity contribution in [1.29, 1.82) is 0 Å². The summed E-state index contributed by atoms with van der Waals surface area (Å²) in [6.07, 6.45) is 0. The van der Waals surface area contributed by atoms with Gasteiger partial charge in [0.1, 0.15) is 5.75 Å². The van der Waals surface area contributed by atoms with Gasteiger partial charge < -0.3 is 5.11 Å². The van der Waals surface area contributed by atoms with Crippen LogP contribution in [0.15, 0.2) is 12.1 Å². The van der Waals surface area contributed by atoms with Crippen LogP contribution >= 0.6 is 0 Å². The Hall–Kier alpha value is -1.06. The van der Waals surface area contributed by atoms with Gasteiger partial charge in [0.05, 0.1) is 0 Å². The van der Waals surface area contributed by atoms with Crippen molar-refractivity contribution in [1.82, 2.24) is 9.80 Å². The van der Waals surface area contributed by atoms with Crippen LogP contribution in [0.4, 0.5) is 0 Å². The van der Waals surface area contributed by atoms with E-state index in [1.54, 1.807) is 0 Å². The summed E-state index contributed by atoms with van der Waals surface area (Å²) >= 11 is 0. The fourth-order valence-corrected chi connectivity index (χ4v) is 3.08. The maximum Gasteiger partial charge on any atom is 0.121 e. The van der Waals surface area contributed by atoms with Crippen molar-refractivity contribution in [3.8, 4) is 5.75 Å². The fourth-order valence-electron chi connectivity index (χ4n) is 3.08. The zero-order chi connectivity index (χ0) is 14.0. The summed E-state index contributed by atoms with van der Waals surface area (Å²) < 4.78 is 0. The average Bonchev–Trinajstić information content (AvgIpc) is 2.36. The Morgan fingerprint density at radius 2 is 1.84 bits per heavy atom. The standard InChI is InChI=1S/C16H26N2O/c1-5-18-7-6-17(10-14(18)4)11-15-8-12(2)16(19)13(3)9-15/h8-9,14,19H,5-7,10-11H2,1-4H3. The lowest BCUT2D eigenvalue weighted by Gasteiger charge is -2.39. The summed E-state index contributed by atoms with van der Waals surface area (Å²) in [6, 6.07) is 4.86. The van der Waals surface area contributed by atoms with Gasteiger partial charge in [-0.2, -0.15) is 0 Å².